The Kier molecular flexibility index (Phi) is 10.8. The van der Waals surface area contributed by atoms with Crippen molar-refractivity contribution < 1.29 is 24.0 Å². The lowest BCUT2D eigenvalue weighted by atomic mass is 9.76. The Hall–Kier alpha value is -5.45. The zero-order chi connectivity index (χ0) is 41.7. The summed E-state index contributed by atoms with van der Waals surface area (Å²) in [7, 11) is 0. The van der Waals surface area contributed by atoms with E-state index in [0.717, 1.165) is 112 Å². The van der Waals surface area contributed by atoms with E-state index in [1.165, 1.54) is 0 Å². The molecule has 5 saturated heterocycles. The van der Waals surface area contributed by atoms with Crippen molar-refractivity contribution in [2.24, 2.45) is 11.3 Å². The van der Waals surface area contributed by atoms with Crippen LogP contribution >= 0.6 is 11.6 Å². The Balaban J connectivity index is 0.717. The Morgan fingerprint density at radius 2 is 1.47 bits per heavy atom. The lowest BCUT2D eigenvalue weighted by Gasteiger charge is -2.40. The van der Waals surface area contributed by atoms with E-state index in [1.807, 2.05) is 41.3 Å². The summed E-state index contributed by atoms with van der Waals surface area (Å²) in [6, 6.07) is 20.9. The molecule has 60 heavy (non-hydrogen) atoms. The number of carbonyl (C=O) groups is 5. The van der Waals surface area contributed by atoms with E-state index in [0.29, 0.717) is 46.8 Å². The van der Waals surface area contributed by atoms with Crippen LogP contribution in [0.5, 0.6) is 0 Å². The highest BCUT2D eigenvalue weighted by Crippen LogP contribution is 2.46. The van der Waals surface area contributed by atoms with Crippen molar-refractivity contribution in [2.45, 2.75) is 64.0 Å². The predicted molar refractivity (Wildman–Crippen MR) is 228 cm³/mol. The molecule has 1 N–H and O–H groups in total. The smallest absolute Gasteiger partial charge is 0.262 e. The minimum Gasteiger partial charge on any atom is -0.371 e. The number of nitrogens with zero attached hydrogens (tertiary/aromatic N) is 7. The number of halogens is 1. The summed E-state index contributed by atoms with van der Waals surface area (Å²) in [5, 5.41) is 12.0. The number of imide groups is 2. The van der Waals surface area contributed by atoms with Crippen LogP contribution < -0.4 is 20.0 Å². The fraction of sp³-hybridized carbons (Fsp3) is 0.478. The summed E-state index contributed by atoms with van der Waals surface area (Å²) in [6.45, 7) is 11.0. The van der Waals surface area contributed by atoms with Gasteiger partial charge < -0.3 is 19.6 Å². The summed E-state index contributed by atoms with van der Waals surface area (Å²) in [5.74, 6) is -1.35. The normalized spacial score (nSPS) is 23.6. The van der Waals surface area contributed by atoms with Crippen molar-refractivity contribution >= 4 is 58.2 Å². The molecule has 3 aromatic carbocycles. The van der Waals surface area contributed by atoms with Crippen molar-refractivity contribution in [3.05, 3.63) is 87.9 Å². The first-order valence-corrected chi connectivity index (χ1v) is 21.8. The average molecular weight is 831 g/mol. The minimum atomic E-state index is -0.973. The maximum atomic E-state index is 13.6. The van der Waals surface area contributed by atoms with Gasteiger partial charge in [0.25, 0.3) is 17.7 Å². The van der Waals surface area contributed by atoms with Crippen molar-refractivity contribution in [2.75, 3.05) is 80.1 Å². The van der Waals surface area contributed by atoms with E-state index in [4.69, 9.17) is 11.6 Å². The van der Waals surface area contributed by atoms with Crippen LogP contribution in [0.1, 0.15) is 88.5 Å². The van der Waals surface area contributed by atoms with Gasteiger partial charge in [-0.2, -0.15) is 5.26 Å². The summed E-state index contributed by atoms with van der Waals surface area (Å²) in [4.78, 5) is 76.8. The van der Waals surface area contributed by atoms with Gasteiger partial charge in [0, 0.05) is 101 Å². The molecule has 0 saturated carbocycles. The zero-order valence-electron chi connectivity index (χ0n) is 34.1. The van der Waals surface area contributed by atoms with E-state index < -0.39 is 29.7 Å². The molecule has 1 spiro atoms. The van der Waals surface area contributed by atoms with Crippen LogP contribution in [0.4, 0.5) is 17.1 Å². The lowest BCUT2D eigenvalue weighted by molar-refractivity contribution is -0.136. The van der Waals surface area contributed by atoms with Crippen molar-refractivity contribution in [1.82, 2.24) is 20.0 Å². The van der Waals surface area contributed by atoms with Crippen LogP contribution in [0.25, 0.3) is 0 Å². The van der Waals surface area contributed by atoms with Crippen LogP contribution in [0.3, 0.4) is 0 Å². The molecule has 6 heterocycles. The van der Waals surface area contributed by atoms with Gasteiger partial charge in [0.05, 0.1) is 21.7 Å². The number of piperidine rings is 3. The predicted octanol–water partition coefficient (Wildman–Crippen LogP) is 5.17. The second-order valence-electron chi connectivity index (χ2n) is 17.7. The number of rotatable bonds is 7. The number of hydrogen-bond donors (Lipinski definition) is 1. The van der Waals surface area contributed by atoms with E-state index in [9.17, 15) is 29.2 Å². The van der Waals surface area contributed by atoms with Gasteiger partial charge in [-0.25, -0.2) is 0 Å². The van der Waals surface area contributed by atoms with Gasteiger partial charge in [0.1, 0.15) is 12.1 Å². The summed E-state index contributed by atoms with van der Waals surface area (Å²) in [5.41, 5.74) is 5.24. The zero-order valence-corrected chi connectivity index (χ0v) is 34.8. The van der Waals surface area contributed by atoms with E-state index >= 15 is 0 Å². The third-order valence-electron chi connectivity index (χ3n) is 14.1. The molecule has 5 fully saturated rings. The molecule has 2 atom stereocenters. The number of fused-ring (bicyclic) bond motifs is 1. The fourth-order valence-corrected chi connectivity index (χ4v) is 10.8. The molecule has 3 aromatic rings. The molecule has 0 aromatic heterocycles. The molecule has 5 amide bonds. The maximum Gasteiger partial charge on any atom is 0.262 e. The second-order valence-corrected chi connectivity index (χ2v) is 18.1. The quantitative estimate of drug-likeness (QED) is 0.317. The Bertz CT molecular complexity index is 2250. The Labute approximate surface area is 355 Å². The molecule has 6 aliphatic heterocycles. The number of piperazine rings is 1. The number of hydrogen-bond acceptors (Lipinski definition) is 10. The van der Waals surface area contributed by atoms with Crippen LogP contribution in [0.15, 0.2) is 60.7 Å². The first kappa shape index (κ1) is 40.0. The molecule has 0 radical (unpaired) electrons. The molecular formula is C46H51ClN8O5. The van der Waals surface area contributed by atoms with E-state index in [2.05, 4.69) is 50.0 Å². The van der Waals surface area contributed by atoms with Gasteiger partial charge >= 0.3 is 0 Å². The topological polar surface area (TPSA) is 141 Å². The summed E-state index contributed by atoms with van der Waals surface area (Å²) in [6.07, 6.45) is 5.59. The molecule has 9 rings (SSSR count). The van der Waals surface area contributed by atoms with Gasteiger partial charge in [-0.15, -0.1) is 0 Å². The lowest BCUT2D eigenvalue weighted by Crippen LogP contribution is -2.54. The van der Waals surface area contributed by atoms with E-state index in [-0.39, 0.29) is 24.2 Å². The number of nitrogens with one attached hydrogen (secondary N) is 1. The SMILES string of the molecule is CC1CC2(CCN(c3ccc(C(=O)N4CCN(CC5CCN(c6ccc7c(c6)C(=O)N(C6CCC(=O)NC6=O)C7=O)CC5)CC4)cc3)CC2)CN1c1ccc(C#N)c(Cl)c1. The van der Waals surface area contributed by atoms with Gasteiger partial charge in [-0.3, -0.25) is 39.1 Å². The minimum absolute atomic E-state index is 0.0878. The molecule has 14 heteroatoms. The van der Waals surface area contributed by atoms with Crippen LogP contribution in [0, 0.1) is 22.7 Å². The third-order valence-corrected chi connectivity index (χ3v) is 14.4. The van der Waals surface area contributed by atoms with Gasteiger partial charge in [-0.05, 0) is 117 Å². The molecule has 0 bridgehead atoms. The summed E-state index contributed by atoms with van der Waals surface area (Å²) < 4.78 is 0. The second kappa shape index (κ2) is 16.2. The van der Waals surface area contributed by atoms with Crippen LogP contribution in [-0.2, 0) is 9.59 Å². The molecule has 2 unspecified atom stereocenters. The Morgan fingerprint density at radius 3 is 2.15 bits per heavy atom. The highest BCUT2D eigenvalue weighted by Gasteiger charge is 2.46. The first-order valence-electron chi connectivity index (χ1n) is 21.4. The molecule has 312 valence electrons. The van der Waals surface area contributed by atoms with Crippen LogP contribution in [-0.4, -0.2) is 122 Å². The number of anilines is 3. The average Bonchev–Trinajstić information content (AvgIpc) is 3.71. The van der Waals surface area contributed by atoms with Crippen molar-refractivity contribution in [3.8, 4) is 6.07 Å². The van der Waals surface area contributed by atoms with Crippen molar-refractivity contribution in [3.63, 3.8) is 0 Å². The van der Waals surface area contributed by atoms with Gasteiger partial charge in [0.2, 0.25) is 11.8 Å². The number of amides is 5. The third kappa shape index (κ3) is 7.60. The number of benzene rings is 3. The van der Waals surface area contributed by atoms with E-state index in [1.54, 1.807) is 12.1 Å². The highest BCUT2D eigenvalue weighted by molar-refractivity contribution is 6.32. The largest absolute Gasteiger partial charge is 0.371 e. The monoisotopic (exact) mass is 830 g/mol. The first-order chi connectivity index (χ1) is 29.0. The fourth-order valence-electron chi connectivity index (χ4n) is 10.6. The molecule has 0 aliphatic carbocycles. The molecular weight excluding hydrogens is 780 g/mol. The van der Waals surface area contributed by atoms with Gasteiger partial charge in [-0.1, -0.05) is 11.6 Å². The molecule has 6 aliphatic rings. The standard InChI is InChI=1S/C46H51ClN8O5/c1-30-26-46(29-54(30)36-7-4-33(27-48)39(47)25-36)14-18-52(19-15-46)34-5-2-32(3-6-34)43(58)53-22-20-50(21-23-53)28-31-12-16-51(17-13-31)35-8-9-37-38(24-35)45(60)55(44(37)59)40-10-11-41(56)49-42(40)57/h2-9,24-25,30-31,40H,10-23,26,28-29H2,1H3,(H,49,56,57). The highest BCUT2D eigenvalue weighted by atomic mass is 35.5. The van der Waals surface area contributed by atoms with Gasteiger partial charge in [0.15, 0.2) is 0 Å². The van der Waals surface area contributed by atoms with Crippen molar-refractivity contribution in [1.29, 1.82) is 5.26 Å². The Morgan fingerprint density at radius 1 is 0.800 bits per heavy atom. The number of nitriles is 1. The molecule has 13 nitrogen and oxygen atoms in total. The number of carbonyl (C=O) groups excluding carboxylic acids is 5. The van der Waals surface area contributed by atoms with Crippen LogP contribution in [0.2, 0.25) is 5.02 Å². The summed E-state index contributed by atoms with van der Waals surface area (Å²) >= 11 is 6.38. The maximum absolute atomic E-state index is 13.6.